The van der Waals surface area contributed by atoms with E-state index in [2.05, 4.69) is 11.5 Å². The monoisotopic (exact) mass is 128 g/mol. The number of hydroxylamine groups is 1. The molecule has 0 bridgehead atoms. The smallest absolute Gasteiger partial charge is 0.0591 e. The largest absolute Gasteiger partial charge is 0.288 e. The van der Waals surface area contributed by atoms with E-state index < -0.39 is 0 Å². The molecule has 52 valence electrons. The fraction of sp³-hybridized carbons (Fsp3) is 0.667. The van der Waals surface area contributed by atoms with E-state index in [0.29, 0.717) is 0 Å². The molecule has 1 N–H and O–H groups in total. The molecule has 0 fully saturated rings. The van der Waals surface area contributed by atoms with Gasteiger partial charge in [0.1, 0.15) is 0 Å². The molecule has 0 heterocycles. The van der Waals surface area contributed by atoms with Gasteiger partial charge in [-0.05, 0) is 6.42 Å². The average Bonchev–Trinajstić information content (AvgIpc) is 2.65. The van der Waals surface area contributed by atoms with E-state index in [0.717, 1.165) is 6.54 Å². The lowest BCUT2D eigenvalue weighted by Crippen LogP contribution is -2.33. The number of hydrogen-bond acceptors (Lipinski definition) is 3. The first-order valence-corrected chi connectivity index (χ1v) is 3.02. The number of nitrogens with zero attached hydrogens (tertiary/aromatic N) is 1. The highest BCUT2D eigenvalue weighted by Gasteiger charge is 2.06. The third-order valence-corrected chi connectivity index (χ3v) is 1.30. The van der Waals surface area contributed by atoms with Crippen LogP contribution in [-0.4, -0.2) is 25.9 Å². The molecule has 0 saturated heterocycles. The van der Waals surface area contributed by atoms with Gasteiger partial charge in [-0.1, -0.05) is 11.6 Å². The lowest BCUT2D eigenvalue weighted by molar-refractivity contribution is -0.147. The van der Waals surface area contributed by atoms with Crippen molar-refractivity contribution in [1.82, 2.24) is 10.6 Å². The second-order valence-electron chi connectivity index (χ2n) is 2.08. The Morgan fingerprint density at radius 2 is 2.56 bits per heavy atom. The molecule has 0 amide bonds. The predicted octanol–water partition coefficient (Wildman–Crippen LogP) is 0.314. The Labute approximate surface area is 55.2 Å². The highest BCUT2D eigenvalue weighted by atomic mass is 16.7. The molecular weight excluding hydrogens is 116 g/mol. The van der Waals surface area contributed by atoms with Crippen molar-refractivity contribution in [3.8, 4) is 0 Å². The van der Waals surface area contributed by atoms with Crippen molar-refractivity contribution in [2.75, 3.05) is 20.7 Å². The van der Waals surface area contributed by atoms with Crippen molar-refractivity contribution < 1.29 is 4.84 Å². The summed E-state index contributed by atoms with van der Waals surface area (Å²) in [6, 6.07) is 0. The molecule has 0 unspecified atom stereocenters. The van der Waals surface area contributed by atoms with Crippen LogP contribution in [0.5, 0.6) is 0 Å². The molecule has 0 atom stereocenters. The minimum atomic E-state index is 0.921. The van der Waals surface area contributed by atoms with Crippen LogP contribution < -0.4 is 5.43 Å². The topological polar surface area (TPSA) is 24.5 Å². The molecular formula is C6H12N2O. The van der Waals surface area contributed by atoms with Crippen LogP contribution in [0.15, 0.2) is 11.6 Å². The van der Waals surface area contributed by atoms with Crippen LogP contribution in [0.4, 0.5) is 0 Å². The van der Waals surface area contributed by atoms with Crippen molar-refractivity contribution in [3.05, 3.63) is 11.6 Å². The van der Waals surface area contributed by atoms with Gasteiger partial charge < -0.3 is 0 Å². The van der Waals surface area contributed by atoms with Crippen LogP contribution in [-0.2, 0) is 4.84 Å². The zero-order chi connectivity index (χ0) is 6.69. The van der Waals surface area contributed by atoms with Crippen LogP contribution in [0.1, 0.15) is 6.42 Å². The summed E-state index contributed by atoms with van der Waals surface area (Å²) in [6.07, 6.45) is 3.36. The summed E-state index contributed by atoms with van der Waals surface area (Å²) in [5, 5.41) is 1.60. The van der Waals surface area contributed by atoms with Crippen LogP contribution in [0.3, 0.4) is 0 Å². The lowest BCUT2D eigenvalue weighted by Gasteiger charge is -2.12. The van der Waals surface area contributed by atoms with Crippen molar-refractivity contribution in [3.63, 3.8) is 0 Å². The second-order valence-corrected chi connectivity index (χ2v) is 2.08. The summed E-state index contributed by atoms with van der Waals surface area (Å²) < 4.78 is 0. The Balaban J connectivity index is 1.96. The number of nitrogens with one attached hydrogen (secondary N) is 1. The first-order chi connectivity index (χ1) is 4.33. The van der Waals surface area contributed by atoms with Gasteiger partial charge >= 0.3 is 0 Å². The van der Waals surface area contributed by atoms with Gasteiger partial charge in [0.2, 0.25) is 0 Å². The first-order valence-electron chi connectivity index (χ1n) is 3.02. The Kier molecular flexibility index (Phi) is 2.22. The van der Waals surface area contributed by atoms with E-state index in [4.69, 9.17) is 4.84 Å². The second kappa shape index (κ2) is 2.96. The SMILES string of the molecule is CON(C)NCC1=CC1. The Hall–Kier alpha value is -0.380. The van der Waals surface area contributed by atoms with Gasteiger partial charge in [-0.3, -0.25) is 4.84 Å². The Morgan fingerprint density at radius 1 is 1.89 bits per heavy atom. The van der Waals surface area contributed by atoms with Crippen LogP contribution in [0.25, 0.3) is 0 Å². The zero-order valence-corrected chi connectivity index (χ0v) is 5.85. The third kappa shape index (κ3) is 2.60. The fourth-order valence-electron chi connectivity index (χ4n) is 0.494. The lowest BCUT2D eigenvalue weighted by atomic mass is 10.5. The third-order valence-electron chi connectivity index (χ3n) is 1.30. The van der Waals surface area contributed by atoms with Crippen LogP contribution in [0, 0.1) is 0 Å². The number of hydrogen-bond donors (Lipinski definition) is 1. The van der Waals surface area contributed by atoms with E-state index in [1.54, 1.807) is 12.3 Å². The molecule has 0 spiro atoms. The van der Waals surface area contributed by atoms with Gasteiger partial charge in [0, 0.05) is 13.6 Å². The van der Waals surface area contributed by atoms with Crippen LogP contribution in [0.2, 0.25) is 0 Å². The van der Waals surface area contributed by atoms with E-state index in [1.165, 1.54) is 12.0 Å². The summed E-state index contributed by atoms with van der Waals surface area (Å²) in [7, 11) is 3.47. The number of hydrazine groups is 1. The van der Waals surface area contributed by atoms with E-state index >= 15 is 0 Å². The molecule has 0 radical (unpaired) electrons. The summed E-state index contributed by atoms with van der Waals surface area (Å²) in [6.45, 7) is 0.921. The summed E-state index contributed by atoms with van der Waals surface area (Å²) in [5.74, 6) is 0. The predicted molar refractivity (Wildman–Crippen MR) is 35.5 cm³/mol. The maximum atomic E-state index is 4.82. The van der Waals surface area contributed by atoms with Crippen LogP contribution >= 0.6 is 0 Å². The summed E-state index contributed by atoms with van der Waals surface area (Å²) in [5.41, 5.74) is 4.49. The van der Waals surface area contributed by atoms with Gasteiger partial charge in [0.15, 0.2) is 0 Å². The normalized spacial score (nSPS) is 16.1. The highest BCUT2D eigenvalue weighted by molar-refractivity contribution is 5.22. The zero-order valence-electron chi connectivity index (χ0n) is 5.85. The minimum absolute atomic E-state index is 0.921. The molecule has 0 aromatic heterocycles. The van der Waals surface area contributed by atoms with E-state index in [9.17, 15) is 0 Å². The first kappa shape index (κ1) is 6.74. The van der Waals surface area contributed by atoms with E-state index in [1.807, 2.05) is 7.05 Å². The van der Waals surface area contributed by atoms with Gasteiger partial charge in [-0.2, -0.15) is 0 Å². The minimum Gasteiger partial charge on any atom is -0.288 e. The van der Waals surface area contributed by atoms with Crippen molar-refractivity contribution >= 4 is 0 Å². The molecule has 1 rings (SSSR count). The van der Waals surface area contributed by atoms with Crippen molar-refractivity contribution in [2.24, 2.45) is 0 Å². The molecule has 9 heavy (non-hydrogen) atoms. The maximum absolute atomic E-state index is 4.82. The molecule has 3 heteroatoms. The molecule has 0 aliphatic heterocycles. The van der Waals surface area contributed by atoms with Crippen molar-refractivity contribution in [2.45, 2.75) is 6.42 Å². The summed E-state index contributed by atoms with van der Waals surface area (Å²) in [4.78, 5) is 4.82. The van der Waals surface area contributed by atoms with Gasteiger partial charge in [0.25, 0.3) is 0 Å². The standard InChI is InChI=1S/C6H12N2O/c1-8(9-2)7-5-6-3-4-6/h3,7H,4-5H2,1-2H3. The fourth-order valence-corrected chi connectivity index (χ4v) is 0.494. The molecule has 0 aromatic carbocycles. The van der Waals surface area contributed by atoms with Gasteiger partial charge in [-0.25, -0.2) is 5.43 Å². The molecule has 1 aliphatic carbocycles. The summed E-state index contributed by atoms with van der Waals surface area (Å²) >= 11 is 0. The highest BCUT2D eigenvalue weighted by Crippen LogP contribution is 2.15. The molecule has 1 aliphatic rings. The molecule has 3 nitrogen and oxygen atoms in total. The average molecular weight is 128 g/mol. The molecule has 0 saturated carbocycles. The number of rotatable bonds is 4. The quantitative estimate of drug-likeness (QED) is 0.435. The Morgan fingerprint density at radius 3 is 3.00 bits per heavy atom. The van der Waals surface area contributed by atoms with Gasteiger partial charge in [0.05, 0.1) is 7.11 Å². The maximum Gasteiger partial charge on any atom is 0.0591 e. The van der Waals surface area contributed by atoms with Gasteiger partial charge in [-0.15, -0.1) is 5.17 Å². The Bertz CT molecular complexity index is 122. The number of allylic oxidation sites excluding steroid dienone is 1. The van der Waals surface area contributed by atoms with E-state index in [-0.39, 0.29) is 0 Å². The van der Waals surface area contributed by atoms with Crippen molar-refractivity contribution in [1.29, 1.82) is 0 Å². The molecule has 0 aromatic rings.